The predicted octanol–water partition coefficient (Wildman–Crippen LogP) is 2.09. The highest BCUT2D eigenvalue weighted by Crippen LogP contribution is 2.36. The topological polar surface area (TPSA) is 49.5 Å². The number of hydrogen-bond donors (Lipinski definition) is 2. The van der Waals surface area contributed by atoms with Gasteiger partial charge in [-0.25, -0.2) is 4.39 Å². The summed E-state index contributed by atoms with van der Waals surface area (Å²) in [5.41, 5.74) is 7.12. The van der Waals surface area contributed by atoms with Gasteiger partial charge in [0.1, 0.15) is 0 Å². The minimum atomic E-state index is -0.536. The summed E-state index contributed by atoms with van der Waals surface area (Å²) >= 11 is 0. The molecule has 3 atom stereocenters. The second kappa shape index (κ2) is 5.10. The Kier molecular flexibility index (Phi) is 3.46. The number of halogens is 1. The predicted molar refractivity (Wildman–Crippen MR) is 72.1 cm³/mol. The summed E-state index contributed by atoms with van der Waals surface area (Å²) in [5, 5.41) is 9.20. The van der Waals surface area contributed by atoms with Gasteiger partial charge in [0.15, 0.2) is 11.6 Å². The minimum Gasteiger partial charge on any atom is -0.505 e. The summed E-state index contributed by atoms with van der Waals surface area (Å²) in [6.07, 6.45) is 3.66. The molecule has 1 aromatic rings. The summed E-state index contributed by atoms with van der Waals surface area (Å²) in [6, 6.07) is 4.98. The standard InChI is InChI=1S/C15H21FN2O/c16-13-6-10(4-5-15(13)19)7-18-8-11-2-1-3-14(17)12(11)9-18/h4-6,11-12,14,19H,1-3,7-9,17H2. The smallest absolute Gasteiger partial charge is 0.165 e. The van der Waals surface area contributed by atoms with Gasteiger partial charge in [-0.2, -0.15) is 0 Å². The fourth-order valence-corrected chi connectivity index (χ4v) is 3.65. The Labute approximate surface area is 113 Å². The highest BCUT2D eigenvalue weighted by atomic mass is 19.1. The fraction of sp³-hybridized carbons (Fsp3) is 0.600. The first-order valence-electron chi connectivity index (χ1n) is 7.09. The van der Waals surface area contributed by atoms with E-state index in [1.807, 2.05) is 0 Å². The van der Waals surface area contributed by atoms with E-state index in [1.165, 1.54) is 25.0 Å². The molecule has 1 heterocycles. The van der Waals surface area contributed by atoms with Crippen molar-refractivity contribution >= 4 is 0 Å². The van der Waals surface area contributed by atoms with Crippen LogP contribution in [0.15, 0.2) is 18.2 Å². The fourth-order valence-electron chi connectivity index (χ4n) is 3.65. The number of phenols is 1. The van der Waals surface area contributed by atoms with Crippen molar-refractivity contribution < 1.29 is 9.50 Å². The Balaban J connectivity index is 1.66. The Morgan fingerprint density at radius 3 is 2.89 bits per heavy atom. The van der Waals surface area contributed by atoms with Crippen LogP contribution in [0.3, 0.4) is 0 Å². The summed E-state index contributed by atoms with van der Waals surface area (Å²) in [5.74, 6) is 0.508. The monoisotopic (exact) mass is 264 g/mol. The number of fused-ring (bicyclic) bond motifs is 1. The average Bonchev–Trinajstić information content (AvgIpc) is 2.78. The van der Waals surface area contributed by atoms with Crippen molar-refractivity contribution in [2.75, 3.05) is 13.1 Å². The zero-order chi connectivity index (χ0) is 13.4. The van der Waals surface area contributed by atoms with E-state index >= 15 is 0 Å². The Hall–Kier alpha value is -1.13. The summed E-state index contributed by atoms with van der Waals surface area (Å²) in [4.78, 5) is 2.37. The van der Waals surface area contributed by atoms with Gasteiger partial charge in [-0.05, 0) is 42.4 Å². The van der Waals surface area contributed by atoms with Crippen LogP contribution >= 0.6 is 0 Å². The van der Waals surface area contributed by atoms with E-state index in [0.717, 1.165) is 31.6 Å². The number of likely N-dealkylation sites (tertiary alicyclic amines) is 1. The third-order valence-electron chi connectivity index (χ3n) is 4.65. The van der Waals surface area contributed by atoms with Crippen molar-refractivity contribution in [3.63, 3.8) is 0 Å². The maximum Gasteiger partial charge on any atom is 0.165 e. The lowest BCUT2D eigenvalue weighted by atomic mass is 9.78. The van der Waals surface area contributed by atoms with Gasteiger partial charge in [-0.15, -0.1) is 0 Å². The maximum absolute atomic E-state index is 13.3. The van der Waals surface area contributed by atoms with Gasteiger partial charge in [0, 0.05) is 25.7 Å². The molecular formula is C15H21FN2O. The first kappa shape index (κ1) is 12.9. The van der Waals surface area contributed by atoms with Gasteiger partial charge < -0.3 is 10.8 Å². The Morgan fingerprint density at radius 1 is 1.32 bits per heavy atom. The third kappa shape index (κ3) is 2.60. The number of hydrogen-bond acceptors (Lipinski definition) is 3. The number of rotatable bonds is 2. The van der Waals surface area contributed by atoms with Crippen LogP contribution in [0.1, 0.15) is 24.8 Å². The van der Waals surface area contributed by atoms with Crippen LogP contribution in [0.2, 0.25) is 0 Å². The number of aromatic hydroxyl groups is 1. The lowest BCUT2D eigenvalue weighted by molar-refractivity contribution is 0.259. The normalized spacial score (nSPS) is 31.4. The van der Waals surface area contributed by atoms with Gasteiger partial charge in [-0.3, -0.25) is 4.90 Å². The van der Waals surface area contributed by atoms with Crippen LogP contribution in [0.5, 0.6) is 5.75 Å². The van der Waals surface area contributed by atoms with Crippen molar-refractivity contribution in [2.45, 2.75) is 31.8 Å². The maximum atomic E-state index is 13.3. The van der Waals surface area contributed by atoms with Crippen molar-refractivity contribution in [3.8, 4) is 5.75 Å². The molecule has 3 rings (SSSR count). The molecule has 0 aromatic heterocycles. The van der Waals surface area contributed by atoms with E-state index in [2.05, 4.69) is 4.90 Å². The van der Waals surface area contributed by atoms with E-state index in [4.69, 9.17) is 5.73 Å². The van der Waals surface area contributed by atoms with Crippen LogP contribution < -0.4 is 5.73 Å². The molecule has 0 spiro atoms. The second-order valence-electron chi connectivity index (χ2n) is 6.00. The van der Waals surface area contributed by atoms with Crippen molar-refractivity contribution in [1.82, 2.24) is 4.90 Å². The van der Waals surface area contributed by atoms with Crippen LogP contribution in [-0.4, -0.2) is 29.1 Å². The molecule has 1 aliphatic carbocycles. The first-order valence-corrected chi connectivity index (χ1v) is 7.09. The van der Waals surface area contributed by atoms with E-state index in [-0.39, 0.29) is 5.75 Å². The number of nitrogens with zero attached hydrogens (tertiary/aromatic N) is 1. The lowest BCUT2D eigenvalue weighted by Gasteiger charge is -2.29. The molecule has 1 aromatic carbocycles. The van der Waals surface area contributed by atoms with Gasteiger partial charge in [0.25, 0.3) is 0 Å². The molecule has 4 heteroatoms. The molecule has 2 fully saturated rings. The van der Waals surface area contributed by atoms with Crippen molar-refractivity contribution in [1.29, 1.82) is 0 Å². The molecule has 1 saturated heterocycles. The molecule has 3 nitrogen and oxygen atoms in total. The van der Waals surface area contributed by atoms with E-state index in [9.17, 15) is 9.50 Å². The zero-order valence-corrected chi connectivity index (χ0v) is 11.1. The van der Waals surface area contributed by atoms with E-state index in [1.54, 1.807) is 6.07 Å². The zero-order valence-electron chi connectivity index (χ0n) is 11.1. The molecule has 1 saturated carbocycles. The van der Waals surface area contributed by atoms with Gasteiger partial charge in [0.05, 0.1) is 0 Å². The lowest BCUT2D eigenvalue weighted by Crippen LogP contribution is -2.38. The summed E-state index contributed by atoms with van der Waals surface area (Å²) < 4.78 is 13.3. The molecule has 3 N–H and O–H groups in total. The largest absolute Gasteiger partial charge is 0.505 e. The van der Waals surface area contributed by atoms with Gasteiger partial charge >= 0.3 is 0 Å². The molecule has 1 aliphatic heterocycles. The van der Waals surface area contributed by atoms with Gasteiger partial charge in [0.2, 0.25) is 0 Å². The third-order valence-corrected chi connectivity index (χ3v) is 4.65. The second-order valence-corrected chi connectivity index (χ2v) is 6.00. The quantitative estimate of drug-likeness (QED) is 0.860. The average molecular weight is 264 g/mol. The Morgan fingerprint density at radius 2 is 2.16 bits per heavy atom. The summed E-state index contributed by atoms with van der Waals surface area (Å²) in [6.45, 7) is 2.84. The van der Waals surface area contributed by atoms with Crippen molar-refractivity contribution in [2.24, 2.45) is 17.6 Å². The molecule has 2 aliphatic rings. The highest BCUT2D eigenvalue weighted by Gasteiger charge is 2.38. The molecule has 0 radical (unpaired) electrons. The SMILES string of the molecule is NC1CCCC2CN(Cc3ccc(O)c(F)c3)CC12. The number of nitrogens with two attached hydrogens (primary N) is 1. The molecule has 3 unspecified atom stereocenters. The highest BCUT2D eigenvalue weighted by molar-refractivity contribution is 5.28. The van der Waals surface area contributed by atoms with Crippen LogP contribution in [0.25, 0.3) is 0 Å². The van der Waals surface area contributed by atoms with E-state index in [0.29, 0.717) is 17.9 Å². The Bertz CT molecular complexity index is 465. The molecule has 0 amide bonds. The molecular weight excluding hydrogens is 243 g/mol. The van der Waals surface area contributed by atoms with Gasteiger partial charge in [-0.1, -0.05) is 12.5 Å². The van der Waals surface area contributed by atoms with Crippen LogP contribution in [-0.2, 0) is 6.54 Å². The first-order chi connectivity index (χ1) is 9.13. The molecule has 104 valence electrons. The van der Waals surface area contributed by atoms with Crippen LogP contribution in [0, 0.1) is 17.7 Å². The summed E-state index contributed by atoms with van der Waals surface area (Å²) in [7, 11) is 0. The van der Waals surface area contributed by atoms with E-state index < -0.39 is 5.82 Å². The number of benzene rings is 1. The minimum absolute atomic E-state index is 0.277. The number of phenolic OH excluding ortho intramolecular Hbond substituents is 1. The molecule has 0 bridgehead atoms. The molecule has 19 heavy (non-hydrogen) atoms. The van der Waals surface area contributed by atoms with Crippen molar-refractivity contribution in [3.05, 3.63) is 29.6 Å². The van der Waals surface area contributed by atoms with Crippen LogP contribution in [0.4, 0.5) is 4.39 Å².